The van der Waals surface area contributed by atoms with Crippen LogP contribution < -0.4 is 16.0 Å². The summed E-state index contributed by atoms with van der Waals surface area (Å²) in [7, 11) is 0. The van der Waals surface area contributed by atoms with Gasteiger partial charge in [-0.1, -0.05) is 0 Å². The molecule has 2 saturated heterocycles. The molecule has 3 heterocycles. The lowest BCUT2D eigenvalue weighted by atomic mass is 9.77. The number of hydrogen-bond acceptors (Lipinski definition) is 7. The maximum Gasteiger partial charge on any atom is 0.341 e. The van der Waals surface area contributed by atoms with Gasteiger partial charge in [0.2, 0.25) is 0 Å². The fourth-order valence-corrected chi connectivity index (χ4v) is 4.73. The molecule has 2 aliphatic heterocycles. The van der Waals surface area contributed by atoms with Gasteiger partial charge in [-0.05, 0) is 51.0 Å². The third-order valence-electron chi connectivity index (χ3n) is 6.86. The molecule has 0 saturated carbocycles. The first-order valence-corrected chi connectivity index (χ1v) is 11.4. The summed E-state index contributed by atoms with van der Waals surface area (Å²) in [4.78, 5) is 51.9. The Morgan fingerprint density at radius 3 is 2.49 bits per heavy atom. The Bertz CT molecular complexity index is 1220. The van der Waals surface area contributed by atoms with Gasteiger partial charge in [0.05, 0.1) is 18.2 Å². The van der Waals surface area contributed by atoms with E-state index < -0.39 is 41.1 Å². The van der Waals surface area contributed by atoms with E-state index in [1.807, 2.05) is 0 Å². The summed E-state index contributed by atoms with van der Waals surface area (Å²) in [5.41, 5.74) is -2.11. The quantitative estimate of drug-likeness (QED) is 0.557. The molecule has 2 aromatic rings. The number of rotatable bonds is 5. The molecule has 0 unspecified atom stereocenters. The highest BCUT2D eigenvalue weighted by atomic mass is 16.5. The van der Waals surface area contributed by atoms with E-state index in [4.69, 9.17) is 14.6 Å². The smallest absolute Gasteiger partial charge is 0.341 e. The average molecular weight is 488 g/mol. The normalized spacial score (nSPS) is 23.7. The summed E-state index contributed by atoms with van der Waals surface area (Å²) in [5, 5.41) is 19.7. The van der Waals surface area contributed by atoms with Crippen molar-refractivity contribution in [3.63, 3.8) is 0 Å². The van der Waals surface area contributed by atoms with Crippen molar-refractivity contribution in [1.82, 2.24) is 14.5 Å². The SMILES string of the molecule is Cc1cn([C@H]2CC3(CCN(C(=O)c4ccc(OCC(=O)O)cc4)CC3)OC[C@]2(C)O)c(=O)[nH]c1=O. The van der Waals surface area contributed by atoms with Crippen molar-refractivity contribution in [2.24, 2.45) is 0 Å². The number of nitrogens with one attached hydrogen (secondary N) is 1. The van der Waals surface area contributed by atoms with E-state index in [0.29, 0.717) is 49.2 Å². The molecule has 0 radical (unpaired) electrons. The third kappa shape index (κ3) is 5.15. The maximum absolute atomic E-state index is 13.0. The number of amides is 1. The molecular weight excluding hydrogens is 458 g/mol. The molecule has 1 aromatic carbocycles. The molecule has 0 bridgehead atoms. The van der Waals surface area contributed by atoms with E-state index in [2.05, 4.69) is 4.98 Å². The van der Waals surface area contributed by atoms with E-state index in [1.165, 1.54) is 10.8 Å². The van der Waals surface area contributed by atoms with Crippen molar-refractivity contribution in [2.75, 3.05) is 26.3 Å². The maximum atomic E-state index is 13.0. The van der Waals surface area contributed by atoms with E-state index in [0.717, 1.165) is 0 Å². The van der Waals surface area contributed by atoms with Crippen molar-refractivity contribution in [3.05, 3.63) is 62.4 Å². The Labute approximate surface area is 200 Å². The summed E-state index contributed by atoms with van der Waals surface area (Å²) < 4.78 is 12.6. The van der Waals surface area contributed by atoms with Gasteiger partial charge in [0.1, 0.15) is 11.4 Å². The zero-order valence-corrected chi connectivity index (χ0v) is 19.7. The number of piperidine rings is 1. The number of aliphatic hydroxyl groups is 1. The molecule has 4 rings (SSSR count). The zero-order chi connectivity index (χ0) is 25.4. The van der Waals surface area contributed by atoms with Gasteiger partial charge in [0.15, 0.2) is 6.61 Å². The predicted octanol–water partition coefficient (Wildman–Crippen LogP) is 0.696. The van der Waals surface area contributed by atoms with Gasteiger partial charge in [-0.15, -0.1) is 0 Å². The first-order chi connectivity index (χ1) is 16.5. The van der Waals surface area contributed by atoms with Crippen LogP contribution in [0.3, 0.4) is 0 Å². The number of hydrogen-bond donors (Lipinski definition) is 3. The molecule has 3 N–H and O–H groups in total. The Kier molecular flexibility index (Phi) is 6.56. The summed E-state index contributed by atoms with van der Waals surface area (Å²) in [5.74, 6) is -0.874. The minimum atomic E-state index is -1.31. The summed E-state index contributed by atoms with van der Waals surface area (Å²) in [6.45, 7) is 3.65. The third-order valence-corrected chi connectivity index (χ3v) is 6.86. The second-order valence-corrected chi connectivity index (χ2v) is 9.53. The number of aliphatic carboxylic acids is 1. The second-order valence-electron chi connectivity index (χ2n) is 9.53. The van der Waals surface area contributed by atoms with Crippen LogP contribution in [0.1, 0.15) is 48.1 Å². The van der Waals surface area contributed by atoms with E-state index in [-0.39, 0.29) is 12.5 Å². The highest BCUT2D eigenvalue weighted by molar-refractivity contribution is 5.94. The van der Waals surface area contributed by atoms with Crippen LogP contribution in [0.25, 0.3) is 0 Å². The number of aromatic nitrogens is 2. The number of likely N-dealkylation sites (tertiary alicyclic amines) is 1. The largest absolute Gasteiger partial charge is 0.482 e. The summed E-state index contributed by atoms with van der Waals surface area (Å²) >= 11 is 0. The Morgan fingerprint density at radius 2 is 1.86 bits per heavy atom. The van der Waals surface area contributed by atoms with Crippen LogP contribution >= 0.6 is 0 Å². The van der Waals surface area contributed by atoms with Crippen LogP contribution in [-0.2, 0) is 9.53 Å². The van der Waals surface area contributed by atoms with Gasteiger partial charge in [-0.3, -0.25) is 19.1 Å². The van der Waals surface area contributed by atoms with Gasteiger partial charge >= 0.3 is 11.7 Å². The van der Waals surface area contributed by atoms with Gasteiger partial charge in [-0.2, -0.15) is 0 Å². The molecule has 2 aliphatic rings. The highest BCUT2D eigenvalue weighted by Gasteiger charge is 2.49. The number of ether oxygens (including phenoxy) is 2. The first kappa shape index (κ1) is 24.7. The molecule has 35 heavy (non-hydrogen) atoms. The fourth-order valence-electron chi connectivity index (χ4n) is 4.73. The van der Waals surface area contributed by atoms with Crippen LogP contribution in [0.15, 0.2) is 40.1 Å². The van der Waals surface area contributed by atoms with Crippen molar-refractivity contribution in [3.8, 4) is 5.75 Å². The van der Waals surface area contributed by atoms with Gasteiger partial charge in [0, 0.05) is 36.8 Å². The van der Waals surface area contributed by atoms with Crippen LogP contribution in [0.4, 0.5) is 0 Å². The minimum absolute atomic E-state index is 0.0219. The molecule has 2 fully saturated rings. The zero-order valence-electron chi connectivity index (χ0n) is 19.7. The van der Waals surface area contributed by atoms with Crippen molar-refractivity contribution < 1.29 is 29.3 Å². The minimum Gasteiger partial charge on any atom is -0.482 e. The van der Waals surface area contributed by atoms with Gasteiger partial charge < -0.3 is 24.6 Å². The van der Waals surface area contributed by atoms with Gasteiger partial charge in [-0.25, -0.2) is 9.59 Å². The molecule has 188 valence electrons. The number of carboxylic acids is 1. The van der Waals surface area contributed by atoms with Crippen molar-refractivity contribution in [2.45, 2.75) is 50.4 Å². The summed E-state index contributed by atoms with van der Waals surface area (Å²) in [6.07, 6.45) is 2.90. The number of benzene rings is 1. The Hall–Kier alpha value is -3.44. The molecule has 1 aromatic heterocycles. The highest BCUT2D eigenvalue weighted by Crippen LogP contribution is 2.43. The number of aromatic amines is 1. The van der Waals surface area contributed by atoms with Crippen LogP contribution in [0, 0.1) is 6.92 Å². The Morgan fingerprint density at radius 1 is 1.20 bits per heavy atom. The fraction of sp³-hybridized carbons (Fsp3) is 0.500. The molecule has 1 spiro atoms. The molecule has 11 nitrogen and oxygen atoms in total. The number of carbonyl (C=O) groups is 2. The predicted molar refractivity (Wildman–Crippen MR) is 124 cm³/mol. The number of nitrogens with zero attached hydrogens (tertiary/aromatic N) is 2. The second kappa shape index (κ2) is 9.31. The molecule has 0 aliphatic carbocycles. The summed E-state index contributed by atoms with van der Waals surface area (Å²) in [6, 6.07) is 5.71. The van der Waals surface area contributed by atoms with Crippen LogP contribution in [0.5, 0.6) is 5.75 Å². The Balaban J connectivity index is 1.45. The van der Waals surface area contributed by atoms with Crippen LogP contribution in [-0.4, -0.2) is 74.0 Å². The first-order valence-electron chi connectivity index (χ1n) is 11.4. The average Bonchev–Trinajstić information content (AvgIpc) is 2.82. The lowest BCUT2D eigenvalue weighted by Crippen LogP contribution is -2.59. The van der Waals surface area contributed by atoms with E-state index in [9.17, 15) is 24.3 Å². The number of carbonyl (C=O) groups excluding carboxylic acids is 1. The monoisotopic (exact) mass is 487 g/mol. The van der Waals surface area contributed by atoms with Crippen molar-refractivity contribution >= 4 is 11.9 Å². The number of H-pyrrole nitrogens is 1. The number of carboxylic acid groups (broad SMARTS) is 1. The lowest BCUT2D eigenvalue weighted by Gasteiger charge is -2.51. The molecule has 1 amide bonds. The molecule has 11 heteroatoms. The van der Waals surface area contributed by atoms with E-state index in [1.54, 1.807) is 43.0 Å². The molecular formula is C24H29N3O8. The van der Waals surface area contributed by atoms with Gasteiger partial charge in [0.25, 0.3) is 11.5 Å². The molecule has 2 atom stereocenters. The number of aryl methyl sites for hydroxylation is 1. The van der Waals surface area contributed by atoms with E-state index >= 15 is 0 Å². The van der Waals surface area contributed by atoms with Crippen molar-refractivity contribution in [1.29, 1.82) is 0 Å². The lowest BCUT2D eigenvalue weighted by molar-refractivity contribution is -0.199. The standard InChI is InChI=1S/C24H29N3O8/c1-15-12-27(22(32)25-20(15)30)18-11-24(35-14-23(18,2)33)7-9-26(10-8-24)21(31)16-3-5-17(6-4-16)34-13-19(28)29/h3-6,12,18,33H,7-11,13-14H2,1-2H3,(H,28,29)(H,25,30,32)/t18-,23-/m0/s1. The van der Waals surface area contributed by atoms with Crippen LogP contribution in [0.2, 0.25) is 0 Å². The topological polar surface area (TPSA) is 151 Å².